The van der Waals surface area contributed by atoms with Crippen LogP contribution in [0.2, 0.25) is 0 Å². The number of thioether (sulfide) groups is 1. The second-order valence-corrected chi connectivity index (χ2v) is 6.44. The topological polar surface area (TPSA) is 61.8 Å². The molecular formula is C16H18F3N3O2S. The maximum Gasteiger partial charge on any atom is 0.416 e. The molecule has 1 unspecified atom stereocenters. The lowest BCUT2D eigenvalue weighted by molar-refractivity contribution is -0.137. The van der Waals surface area contributed by atoms with Crippen LogP contribution >= 0.6 is 11.8 Å². The molecule has 1 fully saturated rings. The summed E-state index contributed by atoms with van der Waals surface area (Å²) in [6.45, 7) is 4.70. The molecule has 0 aliphatic carbocycles. The average molecular weight is 373 g/mol. The van der Waals surface area contributed by atoms with Gasteiger partial charge >= 0.3 is 6.18 Å². The molecule has 0 radical (unpaired) electrons. The van der Waals surface area contributed by atoms with E-state index in [4.69, 9.17) is 0 Å². The minimum Gasteiger partial charge on any atom is -0.326 e. The fourth-order valence-electron chi connectivity index (χ4n) is 2.31. The number of halogens is 3. The van der Waals surface area contributed by atoms with Crippen molar-refractivity contribution in [1.82, 2.24) is 4.90 Å². The summed E-state index contributed by atoms with van der Waals surface area (Å²) in [6.07, 6.45) is -4.49. The SMILES string of the molecule is CCN=C1SC(CC(=O)Nc2ccc(C(F)(F)F)cc2)C(=O)N1CC. The molecule has 1 aliphatic rings. The molecule has 136 valence electrons. The van der Waals surface area contributed by atoms with Crippen molar-refractivity contribution >= 4 is 34.4 Å². The van der Waals surface area contributed by atoms with Crippen LogP contribution in [0.25, 0.3) is 0 Å². The zero-order chi connectivity index (χ0) is 18.6. The van der Waals surface area contributed by atoms with Gasteiger partial charge in [-0.1, -0.05) is 11.8 Å². The van der Waals surface area contributed by atoms with E-state index in [9.17, 15) is 22.8 Å². The number of hydrogen-bond acceptors (Lipinski definition) is 4. The highest BCUT2D eigenvalue weighted by molar-refractivity contribution is 8.15. The van der Waals surface area contributed by atoms with Gasteiger partial charge in [0.1, 0.15) is 5.25 Å². The van der Waals surface area contributed by atoms with Crippen LogP contribution in [-0.2, 0) is 15.8 Å². The molecule has 0 bridgehead atoms. The number of nitrogens with zero attached hydrogens (tertiary/aromatic N) is 2. The summed E-state index contributed by atoms with van der Waals surface area (Å²) in [7, 11) is 0. The second-order valence-electron chi connectivity index (χ2n) is 5.27. The van der Waals surface area contributed by atoms with E-state index in [0.717, 1.165) is 12.1 Å². The minimum absolute atomic E-state index is 0.0657. The summed E-state index contributed by atoms with van der Waals surface area (Å²) in [5, 5.41) is 2.55. The van der Waals surface area contributed by atoms with Gasteiger partial charge in [-0.25, -0.2) is 0 Å². The molecule has 1 saturated heterocycles. The Hall–Kier alpha value is -2.03. The summed E-state index contributed by atoms with van der Waals surface area (Å²) < 4.78 is 37.6. The van der Waals surface area contributed by atoms with Crippen molar-refractivity contribution in [1.29, 1.82) is 0 Å². The van der Waals surface area contributed by atoms with Crippen LogP contribution in [0.4, 0.5) is 18.9 Å². The highest BCUT2D eigenvalue weighted by atomic mass is 32.2. The van der Waals surface area contributed by atoms with E-state index >= 15 is 0 Å². The Morgan fingerprint density at radius 3 is 2.44 bits per heavy atom. The van der Waals surface area contributed by atoms with Crippen molar-refractivity contribution in [3.63, 3.8) is 0 Å². The number of carbonyl (C=O) groups is 2. The van der Waals surface area contributed by atoms with Crippen LogP contribution in [0.5, 0.6) is 0 Å². The standard InChI is InChI=1S/C16H18F3N3O2S/c1-3-20-15-22(4-2)14(24)12(25-15)9-13(23)21-11-7-5-10(6-8-11)16(17,18)19/h5-8,12H,3-4,9H2,1-2H3,(H,21,23). The van der Waals surface area contributed by atoms with E-state index in [1.165, 1.54) is 28.8 Å². The smallest absolute Gasteiger partial charge is 0.326 e. The molecule has 9 heteroatoms. The van der Waals surface area contributed by atoms with Crippen LogP contribution in [0.3, 0.4) is 0 Å². The monoisotopic (exact) mass is 373 g/mol. The zero-order valence-electron chi connectivity index (χ0n) is 13.8. The van der Waals surface area contributed by atoms with Gasteiger partial charge in [-0.05, 0) is 38.1 Å². The highest BCUT2D eigenvalue weighted by Crippen LogP contribution is 2.31. The van der Waals surface area contributed by atoms with Gasteiger partial charge in [0.25, 0.3) is 0 Å². The Balaban J connectivity index is 1.98. The molecule has 1 atom stereocenters. The molecule has 1 N–H and O–H groups in total. The fraction of sp³-hybridized carbons (Fsp3) is 0.438. The van der Waals surface area contributed by atoms with Gasteiger partial charge in [-0.15, -0.1) is 0 Å². The Morgan fingerprint density at radius 1 is 1.28 bits per heavy atom. The summed E-state index contributed by atoms with van der Waals surface area (Å²) in [4.78, 5) is 30.2. The number of amidine groups is 1. The number of hydrogen-bond donors (Lipinski definition) is 1. The molecule has 1 aliphatic heterocycles. The first kappa shape index (κ1) is 19.3. The lowest BCUT2D eigenvalue weighted by Gasteiger charge is -2.13. The summed E-state index contributed by atoms with van der Waals surface area (Å²) in [6, 6.07) is 4.17. The lowest BCUT2D eigenvalue weighted by Crippen LogP contribution is -2.33. The molecule has 2 rings (SSSR count). The van der Waals surface area contributed by atoms with Crippen LogP contribution < -0.4 is 5.32 Å². The molecule has 25 heavy (non-hydrogen) atoms. The van der Waals surface area contributed by atoms with Gasteiger partial charge in [0, 0.05) is 25.2 Å². The van der Waals surface area contributed by atoms with Gasteiger partial charge in [0.15, 0.2) is 5.17 Å². The number of rotatable bonds is 5. The van der Waals surface area contributed by atoms with Gasteiger partial charge < -0.3 is 5.32 Å². The third-order valence-corrected chi connectivity index (χ3v) is 4.71. The second kappa shape index (κ2) is 7.90. The number of benzene rings is 1. The van der Waals surface area contributed by atoms with Gasteiger partial charge in [0.2, 0.25) is 11.8 Å². The van der Waals surface area contributed by atoms with Gasteiger partial charge in [-0.2, -0.15) is 13.2 Å². The van der Waals surface area contributed by atoms with E-state index < -0.39 is 22.9 Å². The Labute approximate surface area is 147 Å². The lowest BCUT2D eigenvalue weighted by atomic mass is 10.2. The van der Waals surface area contributed by atoms with E-state index in [2.05, 4.69) is 10.3 Å². The Morgan fingerprint density at radius 2 is 1.92 bits per heavy atom. The van der Waals surface area contributed by atoms with Crippen molar-refractivity contribution in [3.05, 3.63) is 29.8 Å². The number of alkyl halides is 3. The highest BCUT2D eigenvalue weighted by Gasteiger charge is 2.38. The quantitative estimate of drug-likeness (QED) is 0.861. The third kappa shape index (κ3) is 4.75. The first-order valence-corrected chi connectivity index (χ1v) is 8.63. The molecule has 1 aromatic carbocycles. The van der Waals surface area contributed by atoms with Crippen LogP contribution in [0, 0.1) is 0 Å². The summed E-state index contributed by atoms with van der Waals surface area (Å²) in [5.74, 6) is -0.610. The Kier molecular flexibility index (Phi) is 6.10. The third-order valence-electron chi connectivity index (χ3n) is 3.50. The molecule has 1 aromatic rings. The van der Waals surface area contributed by atoms with Crippen LogP contribution in [0.15, 0.2) is 29.3 Å². The molecule has 0 saturated carbocycles. The summed E-state index contributed by atoms with van der Waals surface area (Å²) >= 11 is 1.24. The number of carbonyl (C=O) groups excluding carboxylic acids is 2. The zero-order valence-corrected chi connectivity index (χ0v) is 14.6. The van der Waals surface area contributed by atoms with Gasteiger partial charge in [-0.3, -0.25) is 19.5 Å². The first-order valence-electron chi connectivity index (χ1n) is 7.75. The largest absolute Gasteiger partial charge is 0.416 e. The molecule has 2 amide bonds. The number of nitrogens with one attached hydrogen (secondary N) is 1. The predicted octanol–water partition coefficient (Wildman–Crippen LogP) is 3.37. The maximum absolute atomic E-state index is 12.5. The molecule has 0 spiro atoms. The predicted molar refractivity (Wildman–Crippen MR) is 91.4 cm³/mol. The normalized spacial score (nSPS) is 19.6. The van der Waals surface area contributed by atoms with Crippen LogP contribution in [0.1, 0.15) is 25.8 Å². The molecule has 5 nitrogen and oxygen atoms in total. The van der Waals surface area contributed by atoms with Crippen molar-refractivity contribution in [2.24, 2.45) is 4.99 Å². The van der Waals surface area contributed by atoms with Gasteiger partial charge in [0.05, 0.1) is 5.56 Å². The average Bonchev–Trinajstić information content (AvgIpc) is 2.82. The van der Waals surface area contributed by atoms with E-state index in [1.807, 2.05) is 13.8 Å². The molecular weight excluding hydrogens is 355 g/mol. The van der Waals surface area contributed by atoms with Crippen molar-refractivity contribution < 1.29 is 22.8 Å². The molecule has 1 heterocycles. The summed E-state index contributed by atoms with van der Waals surface area (Å²) in [5.41, 5.74) is -0.533. The number of aliphatic imine (C=N–C) groups is 1. The van der Waals surface area contributed by atoms with Crippen molar-refractivity contribution in [2.45, 2.75) is 31.7 Å². The maximum atomic E-state index is 12.5. The van der Waals surface area contributed by atoms with Crippen molar-refractivity contribution in [2.75, 3.05) is 18.4 Å². The molecule has 0 aromatic heterocycles. The van der Waals surface area contributed by atoms with E-state index in [-0.39, 0.29) is 18.0 Å². The van der Waals surface area contributed by atoms with E-state index in [1.54, 1.807) is 0 Å². The number of anilines is 1. The first-order chi connectivity index (χ1) is 11.8. The van der Waals surface area contributed by atoms with Crippen molar-refractivity contribution in [3.8, 4) is 0 Å². The fourth-order valence-corrected chi connectivity index (χ4v) is 3.58. The van der Waals surface area contributed by atoms with Crippen LogP contribution in [-0.4, -0.2) is 40.2 Å². The minimum atomic E-state index is -4.42. The number of amides is 2. The van der Waals surface area contributed by atoms with E-state index in [0.29, 0.717) is 18.3 Å². The Bertz CT molecular complexity index is 674.